The van der Waals surface area contributed by atoms with Crippen LogP contribution in [-0.2, 0) is 21.2 Å². The molecule has 0 aliphatic carbocycles. The Kier molecular flexibility index (Phi) is 6.78. The Labute approximate surface area is 231 Å². The first-order valence-corrected chi connectivity index (χ1v) is 15.2. The molecule has 3 heterocycles. The van der Waals surface area contributed by atoms with Crippen molar-refractivity contribution < 1.29 is 22.7 Å². The number of aromatic nitrogens is 1. The maximum absolute atomic E-state index is 13.9. The summed E-state index contributed by atoms with van der Waals surface area (Å²) < 4.78 is 40.7. The van der Waals surface area contributed by atoms with Crippen LogP contribution in [0.1, 0.15) is 34.3 Å². The van der Waals surface area contributed by atoms with Gasteiger partial charge >= 0.3 is 0 Å². The first-order valence-electron chi connectivity index (χ1n) is 12.9. The van der Waals surface area contributed by atoms with E-state index in [4.69, 9.17) is 14.5 Å². The summed E-state index contributed by atoms with van der Waals surface area (Å²) in [5.41, 5.74) is 3.88. The first kappa shape index (κ1) is 25.8. The van der Waals surface area contributed by atoms with Gasteiger partial charge in [-0.15, -0.1) is 0 Å². The van der Waals surface area contributed by atoms with E-state index in [1.54, 1.807) is 24.1 Å². The van der Waals surface area contributed by atoms with Crippen LogP contribution in [0.3, 0.4) is 0 Å². The summed E-state index contributed by atoms with van der Waals surface area (Å²) >= 11 is 1.44. The van der Waals surface area contributed by atoms with Crippen LogP contribution in [0, 0.1) is 6.92 Å². The molecular weight excluding hydrogens is 534 g/mol. The van der Waals surface area contributed by atoms with Crippen molar-refractivity contribution in [1.29, 1.82) is 0 Å². The fourth-order valence-electron chi connectivity index (χ4n) is 5.23. The molecule has 0 saturated carbocycles. The Balaban J connectivity index is 1.32. The number of hydrogen-bond acceptors (Lipinski definition) is 7. The van der Waals surface area contributed by atoms with E-state index in [1.807, 2.05) is 43.3 Å². The normalized spacial score (nSPS) is 17.0. The van der Waals surface area contributed by atoms with E-state index in [2.05, 4.69) is 0 Å². The number of ether oxygens (including phenoxy) is 2. The maximum atomic E-state index is 13.9. The Morgan fingerprint density at radius 1 is 1.15 bits per heavy atom. The number of thiazole rings is 1. The van der Waals surface area contributed by atoms with Crippen molar-refractivity contribution in [1.82, 2.24) is 4.98 Å². The molecule has 1 atom stereocenters. The minimum Gasteiger partial charge on any atom is -0.494 e. The standard InChI is InChI=1S/C29H29N3O5S2/c1-19-9-14-25(36-2)26-27(19)38-29(30-26)31(18-22-7-5-17-37-22)28(33)21-10-12-23(13-11-21)39(34,35)32-16-15-20-6-3-4-8-24(20)32/h3-4,6,8-14,22H,5,7,15-18H2,1-2H3. The molecule has 0 spiro atoms. The second-order valence-electron chi connectivity index (χ2n) is 9.79. The van der Waals surface area contributed by atoms with Crippen LogP contribution in [-0.4, -0.2) is 52.2 Å². The lowest BCUT2D eigenvalue weighted by Crippen LogP contribution is -2.37. The van der Waals surface area contributed by atoms with Crippen molar-refractivity contribution in [2.45, 2.75) is 37.2 Å². The van der Waals surface area contributed by atoms with E-state index < -0.39 is 10.0 Å². The van der Waals surface area contributed by atoms with Crippen molar-refractivity contribution in [2.75, 3.05) is 36.0 Å². The smallest absolute Gasteiger partial charge is 0.264 e. The molecule has 0 radical (unpaired) electrons. The molecule has 8 nitrogen and oxygen atoms in total. The van der Waals surface area contributed by atoms with Gasteiger partial charge in [-0.25, -0.2) is 13.4 Å². The van der Waals surface area contributed by atoms with Crippen LogP contribution in [0.25, 0.3) is 10.2 Å². The van der Waals surface area contributed by atoms with E-state index in [0.29, 0.717) is 48.2 Å². The lowest BCUT2D eigenvalue weighted by atomic mass is 10.2. The van der Waals surface area contributed by atoms with Gasteiger partial charge in [-0.2, -0.15) is 0 Å². The summed E-state index contributed by atoms with van der Waals surface area (Å²) in [4.78, 5) is 20.5. The highest BCUT2D eigenvalue weighted by molar-refractivity contribution is 7.92. The van der Waals surface area contributed by atoms with Gasteiger partial charge in [-0.3, -0.25) is 14.0 Å². The number of sulfonamides is 1. The highest BCUT2D eigenvalue weighted by Crippen LogP contribution is 2.38. The molecule has 1 saturated heterocycles. The zero-order valence-electron chi connectivity index (χ0n) is 21.8. The molecule has 1 fully saturated rings. The number of rotatable bonds is 7. The van der Waals surface area contributed by atoms with Crippen molar-refractivity contribution in [2.24, 2.45) is 0 Å². The summed E-state index contributed by atoms with van der Waals surface area (Å²) in [5.74, 6) is 0.400. The average Bonchev–Trinajstić information content (AvgIpc) is 3.72. The molecule has 1 amide bonds. The van der Waals surface area contributed by atoms with Gasteiger partial charge in [-0.1, -0.05) is 35.6 Å². The molecule has 6 rings (SSSR count). The number of fused-ring (bicyclic) bond motifs is 2. The topological polar surface area (TPSA) is 89.0 Å². The van der Waals surface area contributed by atoms with E-state index in [0.717, 1.165) is 34.2 Å². The SMILES string of the molecule is COc1ccc(C)c2sc(N(CC3CCCO3)C(=O)c3ccc(S(=O)(=O)N4CCc5ccccc54)cc3)nc12. The molecule has 2 aliphatic heterocycles. The van der Waals surface area contributed by atoms with Crippen molar-refractivity contribution in [3.05, 3.63) is 77.4 Å². The minimum absolute atomic E-state index is 0.0844. The lowest BCUT2D eigenvalue weighted by Gasteiger charge is -2.23. The number of aryl methyl sites for hydroxylation is 1. The molecule has 4 aromatic rings. The number of benzene rings is 3. The predicted octanol–water partition coefficient (Wildman–Crippen LogP) is 5.19. The Morgan fingerprint density at radius 2 is 1.95 bits per heavy atom. The number of carbonyl (C=O) groups is 1. The first-order chi connectivity index (χ1) is 18.9. The second kappa shape index (κ2) is 10.3. The molecule has 0 N–H and O–H groups in total. The maximum Gasteiger partial charge on any atom is 0.264 e. The van der Waals surface area contributed by atoms with Gasteiger partial charge in [0, 0.05) is 18.7 Å². The van der Waals surface area contributed by atoms with Crippen LogP contribution in [0.15, 0.2) is 65.6 Å². The third-order valence-electron chi connectivity index (χ3n) is 7.33. The van der Waals surface area contributed by atoms with Gasteiger partial charge in [0.2, 0.25) is 0 Å². The zero-order valence-corrected chi connectivity index (χ0v) is 23.4. The number of methoxy groups -OCH3 is 1. The zero-order chi connectivity index (χ0) is 27.1. The molecule has 2 aliphatic rings. The summed E-state index contributed by atoms with van der Waals surface area (Å²) in [6.07, 6.45) is 2.41. The molecule has 39 heavy (non-hydrogen) atoms. The van der Waals surface area contributed by atoms with Gasteiger partial charge in [0.05, 0.1) is 35.0 Å². The van der Waals surface area contributed by atoms with Gasteiger partial charge in [0.1, 0.15) is 11.3 Å². The number of anilines is 2. The molecule has 3 aromatic carbocycles. The number of hydrogen-bond donors (Lipinski definition) is 0. The summed E-state index contributed by atoms with van der Waals surface area (Å²) in [5, 5.41) is 0.559. The lowest BCUT2D eigenvalue weighted by molar-refractivity contribution is 0.0917. The van der Waals surface area contributed by atoms with Crippen LogP contribution in [0.4, 0.5) is 10.8 Å². The highest BCUT2D eigenvalue weighted by atomic mass is 32.2. The van der Waals surface area contributed by atoms with E-state index in [1.165, 1.54) is 27.8 Å². The third-order valence-corrected chi connectivity index (χ3v) is 10.4. The summed E-state index contributed by atoms with van der Waals surface area (Å²) in [6, 6.07) is 17.6. The van der Waals surface area contributed by atoms with E-state index in [-0.39, 0.29) is 16.9 Å². The molecule has 0 bridgehead atoms. The quantitative estimate of drug-likeness (QED) is 0.308. The van der Waals surface area contributed by atoms with Crippen LogP contribution in [0.2, 0.25) is 0 Å². The monoisotopic (exact) mass is 563 g/mol. The summed E-state index contributed by atoms with van der Waals surface area (Å²) in [6.45, 7) is 3.45. The average molecular weight is 564 g/mol. The molecule has 10 heteroatoms. The number of para-hydroxylation sites is 1. The number of nitrogens with zero attached hydrogens (tertiary/aromatic N) is 3. The second-order valence-corrected chi connectivity index (χ2v) is 12.6. The fourth-order valence-corrected chi connectivity index (χ4v) is 7.79. The molecule has 1 unspecified atom stereocenters. The molecular formula is C29H29N3O5S2. The van der Waals surface area contributed by atoms with Crippen molar-refractivity contribution >= 4 is 48.3 Å². The van der Waals surface area contributed by atoms with E-state index in [9.17, 15) is 13.2 Å². The van der Waals surface area contributed by atoms with Gasteiger partial charge in [0.25, 0.3) is 15.9 Å². The largest absolute Gasteiger partial charge is 0.494 e. The van der Waals surface area contributed by atoms with Crippen molar-refractivity contribution in [3.8, 4) is 5.75 Å². The highest BCUT2D eigenvalue weighted by Gasteiger charge is 2.32. The number of amides is 1. The Bertz CT molecular complexity index is 1640. The Morgan fingerprint density at radius 3 is 2.69 bits per heavy atom. The predicted molar refractivity (Wildman–Crippen MR) is 153 cm³/mol. The Hall–Kier alpha value is -3.47. The van der Waals surface area contributed by atoms with Gasteiger partial charge in [0.15, 0.2) is 5.13 Å². The van der Waals surface area contributed by atoms with Crippen molar-refractivity contribution in [3.63, 3.8) is 0 Å². The van der Waals surface area contributed by atoms with Gasteiger partial charge in [-0.05, 0) is 73.7 Å². The minimum atomic E-state index is -3.75. The van der Waals surface area contributed by atoms with Crippen LogP contribution in [0.5, 0.6) is 5.75 Å². The van der Waals surface area contributed by atoms with Gasteiger partial charge < -0.3 is 9.47 Å². The van der Waals surface area contributed by atoms with Crippen LogP contribution < -0.4 is 13.9 Å². The van der Waals surface area contributed by atoms with Crippen LogP contribution >= 0.6 is 11.3 Å². The fraction of sp³-hybridized carbons (Fsp3) is 0.310. The molecule has 202 valence electrons. The molecule has 1 aromatic heterocycles. The number of carbonyl (C=O) groups excluding carboxylic acids is 1. The third kappa shape index (κ3) is 4.66. The summed E-state index contributed by atoms with van der Waals surface area (Å²) in [7, 11) is -2.15. The van der Waals surface area contributed by atoms with E-state index >= 15 is 0 Å².